The lowest BCUT2D eigenvalue weighted by Gasteiger charge is -2.17. The van der Waals surface area contributed by atoms with Crippen LogP contribution in [0.2, 0.25) is 0 Å². The van der Waals surface area contributed by atoms with Crippen LogP contribution in [0.25, 0.3) is 0 Å². The fourth-order valence-corrected chi connectivity index (χ4v) is 2.49. The fourth-order valence-electron chi connectivity index (χ4n) is 1.10. The van der Waals surface area contributed by atoms with Crippen LogP contribution in [0.1, 0.15) is 20.8 Å². The summed E-state index contributed by atoms with van der Waals surface area (Å²) < 4.78 is 26.4. The molecule has 0 aromatic heterocycles. The van der Waals surface area contributed by atoms with E-state index in [2.05, 4.69) is 4.72 Å². The summed E-state index contributed by atoms with van der Waals surface area (Å²) in [5.74, 6) is 0.253. The van der Waals surface area contributed by atoms with E-state index in [1.54, 1.807) is 12.1 Å². The van der Waals surface area contributed by atoms with E-state index >= 15 is 0 Å². The van der Waals surface area contributed by atoms with E-state index in [0.717, 1.165) is 0 Å². The fraction of sp³-hybridized carbons (Fsp3) is 0.455. The summed E-state index contributed by atoms with van der Waals surface area (Å²) in [6.07, 6.45) is 0. The standard InChI is InChI=1S/C11H18N2O2S/c1-8(2)9(3)13-16(14,15)11-6-4-10(12)5-7-11/h4-9,13H,12H2,1-3H3. The highest BCUT2D eigenvalue weighted by molar-refractivity contribution is 7.89. The predicted octanol–water partition coefficient (Wildman–Crippen LogP) is 1.59. The van der Waals surface area contributed by atoms with Gasteiger partial charge in [-0.1, -0.05) is 13.8 Å². The van der Waals surface area contributed by atoms with E-state index in [1.807, 2.05) is 20.8 Å². The Bertz CT molecular complexity index is 438. The average Bonchev–Trinajstić information content (AvgIpc) is 2.17. The molecule has 1 aromatic rings. The molecule has 0 fully saturated rings. The highest BCUT2D eigenvalue weighted by Gasteiger charge is 2.18. The van der Waals surface area contributed by atoms with Gasteiger partial charge in [0.1, 0.15) is 0 Å². The lowest BCUT2D eigenvalue weighted by molar-refractivity contribution is 0.476. The zero-order valence-corrected chi connectivity index (χ0v) is 10.6. The first-order valence-corrected chi connectivity index (χ1v) is 6.69. The third-order valence-corrected chi connectivity index (χ3v) is 4.11. The topological polar surface area (TPSA) is 72.2 Å². The normalized spacial score (nSPS) is 14.0. The molecule has 5 heteroatoms. The Hall–Kier alpha value is -1.07. The van der Waals surface area contributed by atoms with Gasteiger partial charge in [0.25, 0.3) is 0 Å². The van der Waals surface area contributed by atoms with Crippen LogP contribution in [-0.2, 0) is 10.0 Å². The first-order chi connectivity index (χ1) is 7.33. The molecule has 0 radical (unpaired) electrons. The molecule has 1 rings (SSSR count). The van der Waals surface area contributed by atoms with E-state index in [1.165, 1.54) is 12.1 Å². The summed E-state index contributed by atoms with van der Waals surface area (Å²) in [7, 11) is -3.43. The molecule has 0 saturated carbocycles. The van der Waals surface area contributed by atoms with Gasteiger partial charge in [0.05, 0.1) is 4.90 Å². The Morgan fingerprint density at radius 2 is 1.62 bits per heavy atom. The van der Waals surface area contributed by atoms with Crippen molar-refractivity contribution in [3.05, 3.63) is 24.3 Å². The number of nitrogens with two attached hydrogens (primary N) is 1. The van der Waals surface area contributed by atoms with Crippen LogP contribution < -0.4 is 10.5 Å². The van der Waals surface area contributed by atoms with Crippen LogP contribution in [0, 0.1) is 5.92 Å². The molecule has 90 valence electrons. The molecule has 0 saturated heterocycles. The van der Waals surface area contributed by atoms with Gasteiger partial charge >= 0.3 is 0 Å². The molecule has 0 spiro atoms. The van der Waals surface area contributed by atoms with Gasteiger partial charge in [0, 0.05) is 11.7 Å². The first kappa shape index (κ1) is 13.0. The second-order valence-corrected chi connectivity index (χ2v) is 5.94. The molecule has 0 amide bonds. The molecule has 0 aliphatic rings. The van der Waals surface area contributed by atoms with E-state index in [9.17, 15) is 8.42 Å². The van der Waals surface area contributed by atoms with Crippen molar-refractivity contribution in [3.63, 3.8) is 0 Å². The van der Waals surface area contributed by atoms with E-state index < -0.39 is 10.0 Å². The molecule has 0 heterocycles. The zero-order chi connectivity index (χ0) is 12.3. The molecule has 0 aliphatic carbocycles. The minimum Gasteiger partial charge on any atom is -0.399 e. The van der Waals surface area contributed by atoms with Crippen LogP contribution in [0.15, 0.2) is 29.2 Å². The first-order valence-electron chi connectivity index (χ1n) is 5.21. The maximum atomic E-state index is 11.9. The summed E-state index contributed by atoms with van der Waals surface area (Å²) in [6, 6.07) is 6.07. The molecule has 1 aromatic carbocycles. The van der Waals surface area contributed by atoms with Crippen molar-refractivity contribution in [2.75, 3.05) is 5.73 Å². The van der Waals surface area contributed by atoms with Crippen molar-refractivity contribution < 1.29 is 8.42 Å². The highest BCUT2D eigenvalue weighted by Crippen LogP contribution is 2.13. The van der Waals surface area contributed by atoms with E-state index in [-0.39, 0.29) is 16.9 Å². The third-order valence-electron chi connectivity index (χ3n) is 2.53. The smallest absolute Gasteiger partial charge is 0.240 e. The zero-order valence-electron chi connectivity index (χ0n) is 9.77. The average molecular weight is 242 g/mol. The summed E-state index contributed by atoms with van der Waals surface area (Å²) >= 11 is 0. The molecule has 0 aliphatic heterocycles. The van der Waals surface area contributed by atoms with Gasteiger partial charge in [-0.25, -0.2) is 13.1 Å². The van der Waals surface area contributed by atoms with Gasteiger partial charge in [-0.15, -0.1) is 0 Å². The molecule has 3 N–H and O–H groups in total. The lowest BCUT2D eigenvalue weighted by Crippen LogP contribution is -2.36. The second kappa shape index (κ2) is 4.84. The van der Waals surface area contributed by atoms with E-state index in [0.29, 0.717) is 5.69 Å². The Morgan fingerprint density at radius 3 is 2.06 bits per heavy atom. The van der Waals surface area contributed by atoms with Crippen molar-refractivity contribution in [3.8, 4) is 0 Å². The number of anilines is 1. The summed E-state index contributed by atoms with van der Waals surface area (Å²) in [5.41, 5.74) is 6.06. The van der Waals surface area contributed by atoms with Crippen LogP contribution >= 0.6 is 0 Å². The van der Waals surface area contributed by atoms with Crippen molar-refractivity contribution in [1.29, 1.82) is 0 Å². The molecule has 4 nitrogen and oxygen atoms in total. The molecular weight excluding hydrogens is 224 g/mol. The van der Waals surface area contributed by atoms with Gasteiger partial charge in [-0.2, -0.15) is 0 Å². The van der Waals surface area contributed by atoms with Gasteiger partial charge in [0.2, 0.25) is 10.0 Å². The van der Waals surface area contributed by atoms with Gasteiger partial charge in [-0.3, -0.25) is 0 Å². The van der Waals surface area contributed by atoms with Crippen molar-refractivity contribution in [1.82, 2.24) is 4.72 Å². The predicted molar refractivity (Wildman–Crippen MR) is 65.5 cm³/mol. The Morgan fingerprint density at radius 1 is 1.12 bits per heavy atom. The largest absolute Gasteiger partial charge is 0.399 e. The number of hydrogen-bond donors (Lipinski definition) is 2. The van der Waals surface area contributed by atoms with Crippen LogP contribution in [0.3, 0.4) is 0 Å². The Labute approximate surface area is 96.9 Å². The van der Waals surface area contributed by atoms with Gasteiger partial charge in [0.15, 0.2) is 0 Å². The monoisotopic (exact) mass is 242 g/mol. The van der Waals surface area contributed by atoms with Crippen LogP contribution in [0.5, 0.6) is 0 Å². The van der Waals surface area contributed by atoms with Crippen LogP contribution in [0.4, 0.5) is 5.69 Å². The van der Waals surface area contributed by atoms with Crippen molar-refractivity contribution in [2.45, 2.75) is 31.7 Å². The second-order valence-electron chi connectivity index (χ2n) is 4.22. The highest BCUT2D eigenvalue weighted by atomic mass is 32.2. The number of nitrogen functional groups attached to an aromatic ring is 1. The maximum absolute atomic E-state index is 11.9. The number of sulfonamides is 1. The summed E-state index contributed by atoms with van der Waals surface area (Å²) in [5, 5.41) is 0. The van der Waals surface area contributed by atoms with Crippen molar-refractivity contribution in [2.24, 2.45) is 5.92 Å². The van der Waals surface area contributed by atoms with E-state index in [4.69, 9.17) is 5.73 Å². The number of nitrogens with one attached hydrogen (secondary N) is 1. The minimum atomic E-state index is -3.43. The molecule has 0 bridgehead atoms. The minimum absolute atomic E-state index is 0.0949. The Balaban J connectivity index is 2.90. The Kier molecular flexibility index (Phi) is 3.93. The van der Waals surface area contributed by atoms with Crippen LogP contribution in [-0.4, -0.2) is 14.5 Å². The third kappa shape index (κ3) is 3.21. The summed E-state index contributed by atoms with van der Waals surface area (Å²) in [4.78, 5) is 0.245. The molecule has 16 heavy (non-hydrogen) atoms. The lowest BCUT2D eigenvalue weighted by atomic mass is 10.1. The molecule has 1 unspecified atom stereocenters. The maximum Gasteiger partial charge on any atom is 0.240 e. The van der Waals surface area contributed by atoms with Gasteiger partial charge in [-0.05, 0) is 37.1 Å². The number of benzene rings is 1. The molecule has 1 atom stereocenters. The SMILES string of the molecule is CC(C)C(C)NS(=O)(=O)c1ccc(N)cc1. The summed E-state index contributed by atoms with van der Waals surface area (Å²) in [6.45, 7) is 5.78. The quantitative estimate of drug-likeness (QED) is 0.788. The van der Waals surface area contributed by atoms with Gasteiger partial charge < -0.3 is 5.73 Å². The van der Waals surface area contributed by atoms with Crippen molar-refractivity contribution >= 4 is 15.7 Å². The number of hydrogen-bond acceptors (Lipinski definition) is 3. The number of rotatable bonds is 4. The molecular formula is C11H18N2O2S.